The molecule has 140 valence electrons. The molecule has 1 heterocycles. The van der Waals surface area contributed by atoms with Crippen LogP contribution in [0.25, 0.3) is 10.8 Å². The summed E-state index contributed by atoms with van der Waals surface area (Å²) < 4.78 is 25.3. The summed E-state index contributed by atoms with van der Waals surface area (Å²) in [5, 5.41) is 0.856. The lowest BCUT2D eigenvalue weighted by atomic mass is 10.0. The van der Waals surface area contributed by atoms with Gasteiger partial charge in [0.15, 0.2) is 14.6 Å². The van der Waals surface area contributed by atoms with Crippen LogP contribution in [0.3, 0.4) is 0 Å². The second-order valence-electron chi connectivity index (χ2n) is 7.59. The third-order valence-electron chi connectivity index (χ3n) is 4.79. The smallest absolute Gasteiger partial charge is 0.411 e. The molecule has 0 atom stereocenters. The van der Waals surface area contributed by atoms with Gasteiger partial charge in [0.1, 0.15) is 5.82 Å². The Morgan fingerprint density at radius 3 is 2.50 bits per heavy atom. The molecule has 1 aromatic carbocycles. The summed E-state index contributed by atoms with van der Waals surface area (Å²) >= 11 is 0. The lowest BCUT2D eigenvalue weighted by Crippen LogP contribution is -2.40. The van der Waals surface area contributed by atoms with Crippen molar-refractivity contribution < 1.29 is 23.1 Å². The van der Waals surface area contributed by atoms with Gasteiger partial charge in [-0.25, -0.2) is 14.2 Å². The number of pyridine rings is 1. The van der Waals surface area contributed by atoms with Crippen molar-refractivity contribution in [2.75, 3.05) is 0 Å². The fraction of sp³-hybridized carbons (Fsp3) is 0.389. The van der Waals surface area contributed by atoms with E-state index in [9.17, 15) is 14.0 Å². The van der Waals surface area contributed by atoms with Crippen molar-refractivity contribution in [3.8, 4) is 5.88 Å². The highest BCUT2D eigenvalue weighted by Gasteiger charge is 2.37. The maximum Gasteiger partial charge on any atom is 0.411 e. The second kappa shape index (κ2) is 7.12. The molecule has 1 amide bonds. The normalized spacial score (nSPS) is 12.2. The largest absolute Gasteiger partial charge is 0.413 e. The van der Waals surface area contributed by atoms with Crippen LogP contribution in [0, 0.1) is 5.82 Å². The summed E-state index contributed by atoms with van der Waals surface area (Å²) in [5.74, 6) is -0.771. The zero-order valence-corrected chi connectivity index (χ0v) is 16.6. The molecule has 6 nitrogen and oxygen atoms in total. The summed E-state index contributed by atoms with van der Waals surface area (Å²) in [6.45, 7) is 10.7. The van der Waals surface area contributed by atoms with E-state index in [1.165, 1.54) is 18.3 Å². The first-order valence-corrected chi connectivity index (χ1v) is 11.0. The van der Waals surface area contributed by atoms with E-state index in [1.807, 2.05) is 0 Å². The summed E-state index contributed by atoms with van der Waals surface area (Å²) in [4.78, 5) is 26.2. The number of fused-ring (bicyclic) bond motifs is 1. The molecule has 0 aliphatic rings. The molecule has 0 bridgehead atoms. The maximum absolute atomic E-state index is 14.4. The Labute approximate surface area is 152 Å². The predicted molar refractivity (Wildman–Crippen MR) is 99.3 cm³/mol. The molecule has 2 N–H and O–H groups in total. The molecule has 0 spiro atoms. The number of primary amides is 1. The summed E-state index contributed by atoms with van der Waals surface area (Å²) in [5.41, 5.74) is 5.42. The molecule has 0 saturated heterocycles. The molecule has 0 aliphatic heterocycles. The number of aldehydes is 1. The van der Waals surface area contributed by atoms with Gasteiger partial charge in [-0.1, -0.05) is 20.8 Å². The number of benzene rings is 1. The van der Waals surface area contributed by atoms with Crippen LogP contribution in [-0.2, 0) is 11.0 Å². The lowest BCUT2D eigenvalue weighted by molar-refractivity contribution is 0.112. The Kier molecular flexibility index (Phi) is 5.48. The van der Waals surface area contributed by atoms with Crippen LogP contribution < -0.4 is 10.5 Å². The maximum atomic E-state index is 14.4. The molecular weight excluding hydrogens is 355 g/mol. The van der Waals surface area contributed by atoms with E-state index in [0.717, 1.165) is 0 Å². The highest BCUT2D eigenvalue weighted by atomic mass is 28.4. The van der Waals surface area contributed by atoms with Gasteiger partial charge in [0, 0.05) is 23.0 Å². The van der Waals surface area contributed by atoms with E-state index >= 15 is 0 Å². The second-order valence-corrected chi connectivity index (χ2v) is 12.4. The van der Waals surface area contributed by atoms with Crippen LogP contribution >= 0.6 is 0 Å². The Balaban J connectivity index is 2.51. The summed E-state index contributed by atoms with van der Waals surface area (Å²) in [6.07, 6.45) is 0.802. The van der Waals surface area contributed by atoms with Gasteiger partial charge in [0.25, 0.3) is 0 Å². The van der Waals surface area contributed by atoms with E-state index in [1.54, 1.807) is 0 Å². The first-order valence-electron chi connectivity index (χ1n) is 8.14. The lowest BCUT2D eigenvalue weighted by Gasteiger charge is -2.36. The highest BCUT2D eigenvalue weighted by Crippen LogP contribution is 2.37. The third kappa shape index (κ3) is 4.08. The topological polar surface area (TPSA) is 91.5 Å². The number of ether oxygens (including phenoxy) is 1. The zero-order chi connectivity index (χ0) is 19.7. The van der Waals surface area contributed by atoms with Crippen molar-refractivity contribution >= 4 is 31.5 Å². The zero-order valence-electron chi connectivity index (χ0n) is 15.6. The number of carbonyl (C=O) groups excluding carboxylic acids is 2. The fourth-order valence-corrected chi connectivity index (χ4v) is 3.17. The molecule has 0 saturated carbocycles. The average molecular weight is 378 g/mol. The molecular formula is C18H23FN2O4Si. The average Bonchev–Trinajstić information content (AvgIpc) is 2.51. The molecule has 8 heteroatoms. The van der Waals surface area contributed by atoms with Crippen molar-refractivity contribution in [2.45, 2.75) is 45.5 Å². The molecule has 0 unspecified atom stereocenters. The molecule has 0 aliphatic carbocycles. The summed E-state index contributed by atoms with van der Waals surface area (Å²) in [6, 6.07) is 2.61. The van der Waals surface area contributed by atoms with Crippen LogP contribution in [0.15, 0.2) is 18.3 Å². The number of rotatable bonds is 5. The number of nitrogens with zero attached hydrogens (tertiary/aromatic N) is 1. The first-order chi connectivity index (χ1) is 12.0. The van der Waals surface area contributed by atoms with Crippen LogP contribution in [-0.4, -0.2) is 25.7 Å². The van der Waals surface area contributed by atoms with Crippen molar-refractivity contribution in [1.29, 1.82) is 0 Å². The number of amides is 1. The van der Waals surface area contributed by atoms with Crippen molar-refractivity contribution in [3.05, 3.63) is 35.3 Å². The number of hydrogen-bond acceptors (Lipinski definition) is 5. The van der Waals surface area contributed by atoms with Crippen LogP contribution in [0.1, 0.15) is 36.7 Å². The Morgan fingerprint density at radius 1 is 1.31 bits per heavy atom. The quantitative estimate of drug-likeness (QED) is 0.623. The molecule has 2 rings (SSSR count). The monoisotopic (exact) mass is 378 g/mol. The minimum atomic E-state index is -2.05. The first kappa shape index (κ1) is 20.0. The van der Waals surface area contributed by atoms with Gasteiger partial charge in [-0.3, -0.25) is 4.79 Å². The number of halogens is 1. The van der Waals surface area contributed by atoms with Gasteiger partial charge in [-0.15, -0.1) is 0 Å². The minimum absolute atomic E-state index is 0.00479. The standard InChI is InChI=1S/C18H23FN2O4Si/c1-18(2,3)26(4,5)24-10-11-6-15(19)14(9-22)12-7-16(25-17(20)23)21-8-13(11)12/h6-9H,10H2,1-5H3,(H2,20,23). The van der Waals surface area contributed by atoms with Crippen LogP contribution in [0.5, 0.6) is 5.88 Å². The van der Waals surface area contributed by atoms with Crippen molar-refractivity contribution in [3.63, 3.8) is 0 Å². The number of nitrogens with two attached hydrogens (primary N) is 1. The van der Waals surface area contributed by atoms with Gasteiger partial charge in [-0.2, -0.15) is 0 Å². The van der Waals surface area contributed by atoms with E-state index < -0.39 is 20.2 Å². The van der Waals surface area contributed by atoms with E-state index in [4.69, 9.17) is 14.9 Å². The minimum Gasteiger partial charge on any atom is -0.413 e. The van der Waals surface area contributed by atoms with E-state index in [-0.39, 0.29) is 23.1 Å². The van der Waals surface area contributed by atoms with Crippen molar-refractivity contribution in [2.24, 2.45) is 5.73 Å². The van der Waals surface area contributed by atoms with Gasteiger partial charge in [-0.05, 0) is 29.8 Å². The van der Waals surface area contributed by atoms with Gasteiger partial charge in [0.2, 0.25) is 5.88 Å². The van der Waals surface area contributed by atoms with Crippen molar-refractivity contribution in [1.82, 2.24) is 4.98 Å². The van der Waals surface area contributed by atoms with Gasteiger partial charge >= 0.3 is 6.09 Å². The van der Waals surface area contributed by atoms with E-state index in [0.29, 0.717) is 22.6 Å². The number of aromatic nitrogens is 1. The Hall–Kier alpha value is -2.32. The van der Waals surface area contributed by atoms with Gasteiger partial charge in [0.05, 0.1) is 12.2 Å². The highest BCUT2D eigenvalue weighted by molar-refractivity contribution is 6.74. The molecule has 2 aromatic rings. The van der Waals surface area contributed by atoms with E-state index in [2.05, 4.69) is 38.8 Å². The molecule has 0 radical (unpaired) electrons. The predicted octanol–water partition coefficient (Wildman–Crippen LogP) is 4.17. The molecule has 0 fully saturated rings. The Bertz CT molecular complexity index is 862. The fourth-order valence-electron chi connectivity index (χ4n) is 2.22. The molecule has 1 aromatic heterocycles. The SMILES string of the molecule is CC(C)(C)[Si](C)(C)OCc1cc(F)c(C=O)c2cc(OC(N)=O)ncc12. The third-order valence-corrected chi connectivity index (χ3v) is 9.27. The van der Waals surface area contributed by atoms with Crippen LogP contribution in [0.4, 0.5) is 9.18 Å². The number of carbonyl (C=O) groups is 2. The Morgan fingerprint density at radius 2 is 1.96 bits per heavy atom. The summed E-state index contributed by atoms with van der Waals surface area (Å²) in [7, 11) is -2.05. The van der Waals surface area contributed by atoms with Crippen LogP contribution in [0.2, 0.25) is 18.1 Å². The number of hydrogen-bond donors (Lipinski definition) is 1. The van der Waals surface area contributed by atoms with Gasteiger partial charge < -0.3 is 14.9 Å². The molecule has 26 heavy (non-hydrogen) atoms.